The van der Waals surface area contributed by atoms with Gasteiger partial charge in [0.05, 0.1) is 0 Å². The van der Waals surface area contributed by atoms with Crippen molar-refractivity contribution in [2.24, 2.45) is 0 Å². The van der Waals surface area contributed by atoms with Gasteiger partial charge in [0.15, 0.2) is 0 Å². The lowest BCUT2D eigenvalue weighted by atomic mass is 9.96. The molecule has 0 aliphatic carbocycles. The topological polar surface area (TPSA) is 0 Å². The number of rotatable bonds is 4. The summed E-state index contributed by atoms with van der Waals surface area (Å²) in [5, 5.41) is 0. The third-order valence-corrected chi connectivity index (χ3v) is 2.68. The van der Waals surface area contributed by atoms with Gasteiger partial charge < -0.3 is 0 Å². The highest BCUT2D eigenvalue weighted by molar-refractivity contribution is 6.17. The van der Waals surface area contributed by atoms with Crippen LogP contribution in [0.5, 0.6) is 0 Å². The second-order valence-electron chi connectivity index (χ2n) is 3.64. The zero-order valence-electron chi connectivity index (χ0n) is 8.39. The highest BCUT2D eigenvalue weighted by Gasteiger charge is 2.03. The van der Waals surface area contributed by atoms with E-state index in [0.29, 0.717) is 5.92 Å². The Balaban J connectivity index is 2.55. The van der Waals surface area contributed by atoms with Crippen molar-refractivity contribution in [3.63, 3.8) is 0 Å². The molecule has 1 aromatic rings. The summed E-state index contributed by atoms with van der Waals surface area (Å²) in [6.07, 6.45) is 2.29. The summed E-state index contributed by atoms with van der Waals surface area (Å²) in [5.41, 5.74) is 2.75. The van der Waals surface area contributed by atoms with Crippen LogP contribution in [-0.2, 0) is 0 Å². The third-order valence-electron chi connectivity index (χ3n) is 2.42. The van der Waals surface area contributed by atoms with Crippen molar-refractivity contribution < 1.29 is 0 Å². The van der Waals surface area contributed by atoms with E-state index >= 15 is 0 Å². The van der Waals surface area contributed by atoms with Crippen molar-refractivity contribution in [1.82, 2.24) is 0 Å². The van der Waals surface area contributed by atoms with E-state index < -0.39 is 0 Å². The molecule has 0 N–H and O–H groups in total. The highest BCUT2D eigenvalue weighted by atomic mass is 35.5. The summed E-state index contributed by atoms with van der Waals surface area (Å²) in [5.74, 6) is 1.41. The number of alkyl halides is 1. The molecule has 0 spiro atoms. The van der Waals surface area contributed by atoms with Crippen LogP contribution in [0.1, 0.15) is 36.8 Å². The van der Waals surface area contributed by atoms with E-state index in [0.717, 1.165) is 12.3 Å². The van der Waals surface area contributed by atoms with Gasteiger partial charge in [0.2, 0.25) is 0 Å². The third kappa shape index (κ3) is 3.40. The molecule has 0 radical (unpaired) electrons. The maximum atomic E-state index is 5.66. The van der Waals surface area contributed by atoms with Crippen LogP contribution in [0.2, 0.25) is 0 Å². The van der Waals surface area contributed by atoms with Crippen molar-refractivity contribution in [1.29, 1.82) is 0 Å². The largest absolute Gasteiger partial charge is 0.127 e. The average Bonchev–Trinajstić information content (AvgIpc) is 2.15. The molecule has 0 nitrogen and oxygen atoms in total. The maximum Gasteiger partial charge on any atom is 0.0223 e. The van der Waals surface area contributed by atoms with Crippen LogP contribution in [0, 0.1) is 6.92 Å². The molecule has 13 heavy (non-hydrogen) atoms. The van der Waals surface area contributed by atoms with E-state index in [-0.39, 0.29) is 0 Å². The summed E-state index contributed by atoms with van der Waals surface area (Å²) in [7, 11) is 0. The number of halogens is 1. The molecule has 0 heterocycles. The van der Waals surface area contributed by atoms with Crippen molar-refractivity contribution in [3.8, 4) is 0 Å². The molecule has 1 aromatic carbocycles. The van der Waals surface area contributed by atoms with Crippen LogP contribution in [0.15, 0.2) is 24.3 Å². The van der Waals surface area contributed by atoms with E-state index in [9.17, 15) is 0 Å². The molecule has 1 heteroatoms. The molecule has 0 aliphatic heterocycles. The quantitative estimate of drug-likeness (QED) is 0.636. The van der Waals surface area contributed by atoms with E-state index in [1.807, 2.05) is 0 Å². The van der Waals surface area contributed by atoms with Gasteiger partial charge in [-0.2, -0.15) is 0 Å². The molecule has 0 fully saturated rings. The molecule has 0 aromatic heterocycles. The van der Waals surface area contributed by atoms with Gasteiger partial charge in [0, 0.05) is 5.88 Å². The zero-order chi connectivity index (χ0) is 9.68. The zero-order valence-corrected chi connectivity index (χ0v) is 9.14. The minimum Gasteiger partial charge on any atom is -0.127 e. The second-order valence-corrected chi connectivity index (χ2v) is 4.02. The van der Waals surface area contributed by atoms with Crippen LogP contribution in [0.4, 0.5) is 0 Å². The van der Waals surface area contributed by atoms with Gasteiger partial charge >= 0.3 is 0 Å². The van der Waals surface area contributed by atoms with Crippen molar-refractivity contribution in [2.45, 2.75) is 32.6 Å². The molecule has 0 amide bonds. The van der Waals surface area contributed by atoms with Crippen LogP contribution < -0.4 is 0 Å². The Bertz CT molecular complexity index is 238. The number of aryl methyl sites for hydroxylation is 1. The lowest BCUT2D eigenvalue weighted by Crippen LogP contribution is -1.93. The minimum atomic E-state index is 0.638. The molecule has 0 aliphatic rings. The first-order valence-corrected chi connectivity index (χ1v) is 5.40. The van der Waals surface area contributed by atoms with Gasteiger partial charge in [-0.15, -0.1) is 11.6 Å². The Morgan fingerprint density at radius 1 is 1.23 bits per heavy atom. The van der Waals surface area contributed by atoms with Gasteiger partial charge in [0.25, 0.3) is 0 Å². The molecular formula is C12H17Cl. The fraction of sp³-hybridized carbons (Fsp3) is 0.500. The van der Waals surface area contributed by atoms with Gasteiger partial charge in [-0.25, -0.2) is 0 Å². The summed E-state index contributed by atoms with van der Waals surface area (Å²) in [6, 6.07) is 8.78. The number of hydrogen-bond acceptors (Lipinski definition) is 0. The predicted molar refractivity (Wildman–Crippen MR) is 59.5 cm³/mol. The Morgan fingerprint density at radius 2 is 1.85 bits per heavy atom. The van der Waals surface area contributed by atoms with Gasteiger partial charge in [-0.1, -0.05) is 36.8 Å². The van der Waals surface area contributed by atoms with Crippen LogP contribution in [0.3, 0.4) is 0 Å². The minimum absolute atomic E-state index is 0.638. The average molecular weight is 197 g/mol. The van der Waals surface area contributed by atoms with E-state index in [2.05, 4.69) is 38.1 Å². The van der Waals surface area contributed by atoms with Crippen LogP contribution in [0.25, 0.3) is 0 Å². The first kappa shape index (κ1) is 10.6. The predicted octanol–water partition coefficient (Wildman–Crippen LogP) is 4.12. The molecular weight excluding hydrogens is 180 g/mol. The molecule has 72 valence electrons. The van der Waals surface area contributed by atoms with Gasteiger partial charge in [0.1, 0.15) is 0 Å². The molecule has 0 saturated carbocycles. The second kappa shape index (κ2) is 5.29. The lowest BCUT2D eigenvalue weighted by Gasteiger charge is -2.10. The summed E-state index contributed by atoms with van der Waals surface area (Å²) < 4.78 is 0. The smallest absolute Gasteiger partial charge is 0.0223 e. The molecule has 1 unspecified atom stereocenters. The van der Waals surface area contributed by atoms with E-state index in [1.165, 1.54) is 17.5 Å². The van der Waals surface area contributed by atoms with Crippen molar-refractivity contribution in [2.75, 3.05) is 5.88 Å². The number of benzene rings is 1. The monoisotopic (exact) mass is 196 g/mol. The normalized spacial score (nSPS) is 12.8. The van der Waals surface area contributed by atoms with Crippen LogP contribution >= 0.6 is 11.6 Å². The van der Waals surface area contributed by atoms with Crippen LogP contribution in [-0.4, -0.2) is 5.88 Å². The lowest BCUT2D eigenvalue weighted by molar-refractivity contribution is 0.667. The Morgan fingerprint density at radius 3 is 2.38 bits per heavy atom. The van der Waals surface area contributed by atoms with Gasteiger partial charge in [-0.3, -0.25) is 0 Å². The molecule has 0 bridgehead atoms. The molecule has 1 atom stereocenters. The van der Waals surface area contributed by atoms with E-state index in [4.69, 9.17) is 11.6 Å². The summed E-state index contributed by atoms with van der Waals surface area (Å²) >= 11 is 5.66. The van der Waals surface area contributed by atoms with E-state index in [1.54, 1.807) is 0 Å². The summed E-state index contributed by atoms with van der Waals surface area (Å²) in [4.78, 5) is 0. The first-order valence-electron chi connectivity index (χ1n) is 4.86. The fourth-order valence-corrected chi connectivity index (χ4v) is 1.60. The van der Waals surface area contributed by atoms with Crippen molar-refractivity contribution in [3.05, 3.63) is 35.4 Å². The Labute approximate surface area is 85.9 Å². The van der Waals surface area contributed by atoms with Gasteiger partial charge in [-0.05, 0) is 31.2 Å². The molecule has 0 saturated heterocycles. The Hall–Kier alpha value is -0.490. The summed E-state index contributed by atoms with van der Waals surface area (Å²) in [6.45, 7) is 4.38. The maximum absolute atomic E-state index is 5.66. The SMILES string of the molecule is Cc1ccc(C(C)CCCCl)cc1. The molecule has 1 rings (SSSR count). The Kier molecular flexibility index (Phi) is 4.31. The standard InChI is InChI=1S/C12H17Cl/c1-10-5-7-12(8-6-10)11(2)4-3-9-13/h5-8,11H,3-4,9H2,1-2H3. The highest BCUT2D eigenvalue weighted by Crippen LogP contribution is 2.20. The first-order chi connectivity index (χ1) is 6.24. The fourth-order valence-electron chi connectivity index (χ4n) is 1.44. The van der Waals surface area contributed by atoms with Crippen molar-refractivity contribution >= 4 is 11.6 Å². The number of hydrogen-bond donors (Lipinski definition) is 0.